The summed E-state index contributed by atoms with van der Waals surface area (Å²) < 4.78 is 32.2. The molecule has 58 heavy (non-hydrogen) atoms. The van der Waals surface area contributed by atoms with E-state index in [2.05, 4.69) is 113 Å². The summed E-state index contributed by atoms with van der Waals surface area (Å²) >= 11 is 0. The summed E-state index contributed by atoms with van der Waals surface area (Å²) in [5, 5.41) is 1.28. The molecule has 0 saturated carbocycles. The van der Waals surface area contributed by atoms with Gasteiger partial charge in [0, 0.05) is 50.1 Å². The van der Waals surface area contributed by atoms with Gasteiger partial charge in [0.25, 0.3) is 0 Å². The number of hydrogen-bond donors (Lipinski definition) is 0. The van der Waals surface area contributed by atoms with Crippen LogP contribution in [-0.4, -0.2) is 22.6 Å². The van der Waals surface area contributed by atoms with E-state index >= 15 is 0 Å². The van der Waals surface area contributed by atoms with Crippen LogP contribution in [0.15, 0.2) is 109 Å². The van der Waals surface area contributed by atoms with Crippen LogP contribution in [0.25, 0.3) is 39.4 Å². The van der Waals surface area contributed by atoms with E-state index in [0.29, 0.717) is 0 Å². The second kappa shape index (κ2) is 16.9. The smallest absolute Gasteiger partial charge is 0.123 e. The van der Waals surface area contributed by atoms with Crippen molar-refractivity contribution in [3.8, 4) is 39.8 Å². The zero-order valence-corrected chi connectivity index (χ0v) is 38.9. The molecule has 0 amide bonds. The van der Waals surface area contributed by atoms with Crippen LogP contribution in [0.5, 0.6) is 11.5 Å². The van der Waals surface area contributed by atoms with Crippen LogP contribution >= 0.6 is 0 Å². The Balaban J connectivity index is 0.000000236. The van der Waals surface area contributed by atoms with E-state index in [9.17, 15) is 4.39 Å². The number of para-hydroxylation sites is 3. The Bertz CT molecular complexity index is 2590. The van der Waals surface area contributed by atoms with E-state index in [-0.39, 0.29) is 43.2 Å². The topological polar surface area (TPSA) is 39.9 Å². The van der Waals surface area contributed by atoms with E-state index in [1.807, 2.05) is 80.7 Å². The zero-order chi connectivity index (χ0) is 41.7. The number of nitrogens with zero attached hydrogens (tertiary/aromatic N) is 3. The Hall–Kier alpha value is -4.68. The van der Waals surface area contributed by atoms with Crippen molar-refractivity contribution in [2.75, 3.05) is 0 Å². The number of rotatable bonds is 7. The van der Waals surface area contributed by atoms with Crippen molar-refractivity contribution >= 4 is 24.3 Å². The van der Waals surface area contributed by atoms with Gasteiger partial charge in [0.1, 0.15) is 11.6 Å². The first-order chi connectivity index (χ1) is 27.4. The van der Waals surface area contributed by atoms with Crippen molar-refractivity contribution in [2.45, 2.75) is 98.2 Å². The van der Waals surface area contributed by atoms with Crippen molar-refractivity contribution in [1.82, 2.24) is 14.5 Å². The van der Waals surface area contributed by atoms with E-state index in [0.717, 1.165) is 78.7 Å². The molecule has 1 radical (unpaired) electrons. The first kappa shape index (κ1) is 41.5. The van der Waals surface area contributed by atoms with Crippen LogP contribution in [-0.2, 0) is 25.5 Å². The van der Waals surface area contributed by atoms with Crippen LogP contribution in [0.2, 0.25) is 19.6 Å². The largest absolute Gasteiger partial charge is 0.501 e. The number of hydrogen-bond acceptors (Lipinski definition) is 3. The minimum absolute atomic E-state index is 0. The molecule has 0 spiro atoms. The summed E-state index contributed by atoms with van der Waals surface area (Å²) in [5.74, 6) is 1.77. The SMILES string of the molecule is CC(C)c1cc(F)cc(C(C)C)c1-n1c(-c2[c-]ccc3c2Oc2ccccc2C3(C)C)nc2ccccc21.[2H]C(C)(C)c1cc(-c2[c-]cccc2)ncc1[Si](C)(C)C.[Ir]. The maximum absolute atomic E-state index is 14.9. The molecular formula is C51H54FIrN3OSi-2. The number of fused-ring (bicyclic) bond motifs is 3. The van der Waals surface area contributed by atoms with Crippen molar-refractivity contribution < 1.29 is 30.6 Å². The van der Waals surface area contributed by atoms with Crippen molar-refractivity contribution in [1.29, 1.82) is 0 Å². The molecule has 0 fully saturated rings. The first-order valence-electron chi connectivity index (χ1n) is 20.5. The Labute approximate surface area is 360 Å². The van der Waals surface area contributed by atoms with Gasteiger partial charge in [-0.3, -0.25) is 4.98 Å². The minimum atomic E-state index is -1.50. The van der Waals surface area contributed by atoms with Crippen LogP contribution < -0.4 is 9.92 Å². The molecular weight excluding hydrogens is 910 g/mol. The Morgan fingerprint density at radius 3 is 2.07 bits per heavy atom. The first-order valence-corrected chi connectivity index (χ1v) is 23.5. The van der Waals surface area contributed by atoms with E-state index in [1.165, 1.54) is 5.19 Å². The number of imidazole rings is 1. The number of ether oxygens (including phenoxy) is 1. The molecule has 8 rings (SSSR count). The molecule has 301 valence electrons. The molecule has 4 nitrogen and oxygen atoms in total. The van der Waals surface area contributed by atoms with Gasteiger partial charge >= 0.3 is 0 Å². The standard InChI is InChI=1S/C34H32FN2O.C17H22NSi.Ir/c1-20(2)24-18-22(35)19-25(21(3)4)31(24)37-29-16-9-8-15-28(29)36-33(37)23-12-11-14-27-32(23)38-30-17-10-7-13-26(30)34(27,5)6;1-13(2)15-11-16(14-9-7-6-8-10-14)18-12-17(15)19(3,4)5;/h7-11,13-21H,1-6H3;6-9,11-13H,1-5H3;/q2*-1;/i;13D;. The Morgan fingerprint density at radius 2 is 1.43 bits per heavy atom. The summed E-state index contributed by atoms with van der Waals surface area (Å²) in [7, 11) is -1.50. The molecule has 1 aliphatic heterocycles. The fourth-order valence-electron chi connectivity index (χ4n) is 7.94. The number of benzene rings is 5. The van der Waals surface area contributed by atoms with E-state index in [1.54, 1.807) is 12.1 Å². The maximum Gasteiger partial charge on any atom is 0.123 e. The van der Waals surface area contributed by atoms with Gasteiger partial charge in [-0.2, -0.15) is 0 Å². The molecule has 0 bridgehead atoms. The van der Waals surface area contributed by atoms with Crippen molar-refractivity contribution in [3.63, 3.8) is 0 Å². The minimum Gasteiger partial charge on any atom is -0.501 e. The third-order valence-corrected chi connectivity index (χ3v) is 13.0. The summed E-state index contributed by atoms with van der Waals surface area (Å²) in [6, 6.07) is 40.4. The normalized spacial score (nSPS) is 13.5. The summed E-state index contributed by atoms with van der Waals surface area (Å²) in [4.78, 5) is 9.76. The van der Waals surface area contributed by atoms with Crippen LogP contribution in [0.3, 0.4) is 0 Å². The Kier molecular flexibility index (Phi) is 12.1. The molecule has 1 aliphatic rings. The molecule has 5 aromatic carbocycles. The maximum atomic E-state index is 14.9. The fourth-order valence-corrected chi connectivity index (χ4v) is 9.52. The molecule has 0 atom stereocenters. The molecule has 0 saturated heterocycles. The number of aromatic nitrogens is 3. The molecule has 0 unspecified atom stereocenters. The van der Waals surface area contributed by atoms with Gasteiger partial charge in [-0.15, -0.1) is 54.1 Å². The quantitative estimate of drug-likeness (QED) is 0.118. The predicted molar refractivity (Wildman–Crippen MR) is 238 cm³/mol. The zero-order valence-electron chi connectivity index (χ0n) is 36.5. The van der Waals surface area contributed by atoms with Crippen LogP contribution in [0.1, 0.15) is 102 Å². The average molecular weight is 965 g/mol. The Morgan fingerprint density at radius 1 is 0.776 bits per heavy atom. The molecule has 3 heterocycles. The molecule has 2 aromatic heterocycles. The van der Waals surface area contributed by atoms with Gasteiger partial charge in [-0.25, -0.2) is 4.39 Å². The predicted octanol–water partition coefficient (Wildman–Crippen LogP) is 13.5. The van der Waals surface area contributed by atoms with Gasteiger partial charge in [-0.05, 0) is 70.1 Å². The summed E-state index contributed by atoms with van der Waals surface area (Å²) in [5.41, 5.74) is 10.5. The van der Waals surface area contributed by atoms with Gasteiger partial charge in [0.15, 0.2) is 0 Å². The average Bonchev–Trinajstić information content (AvgIpc) is 3.56. The second-order valence-corrected chi connectivity index (χ2v) is 22.5. The third kappa shape index (κ3) is 8.14. The van der Waals surface area contributed by atoms with Gasteiger partial charge in [0.05, 0.1) is 24.9 Å². The molecule has 0 N–H and O–H groups in total. The van der Waals surface area contributed by atoms with Gasteiger partial charge in [-0.1, -0.05) is 128 Å². The second-order valence-electron chi connectivity index (χ2n) is 17.5. The van der Waals surface area contributed by atoms with Crippen molar-refractivity contribution in [2.24, 2.45) is 0 Å². The molecule has 0 aliphatic carbocycles. The third-order valence-electron chi connectivity index (χ3n) is 11.0. The van der Waals surface area contributed by atoms with E-state index < -0.39 is 14.0 Å². The monoisotopic (exact) mass is 965 g/mol. The number of halogens is 1. The van der Waals surface area contributed by atoms with Crippen LogP contribution in [0, 0.1) is 17.9 Å². The van der Waals surface area contributed by atoms with Gasteiger partial charge < -0.3 is 14.3 Å². The summed E-state index contributed by atoms with van der Waals surface area (Å²) in [6.07, 6.45) is 1.98. The van der Waals surface area contributed by atoms with Gasteiger partial charge in [0.2, 0.25) is 0 Å². The number of pyridine rings is 1. The summed E-state index contributed by atoms with van der Waals surface area (Å²) in [6.45, 7) is 23.7. The molecule has 7 aromatic rings. The van der Waals surface area contributed by atoms with Crippen LogP contribution in [0.4, 0.5) is 4.39 Å². The fraction of sp³-hybridized carbons (Fsp3) is 0.294. The molecule has 7 heteroatoms. The van der Waals surface area contributed by atoms with Crippen molar-refractivity contribution in [3.05, 3.63) is 155 Å². The van der Waals surface area contributed by atoms with E-state index in [4.69, 9.17) is 11.1 Å².